The summed E-state index contributed by atoms with van der Waals surface area (Å²) in [5, 5.41) is 14.1. The summed E-state index contributed by atoms with van der Waals surface area (Å²) in [6.07, 6.45) is 2.99. The molecule has 2 aromatic carbocycles. The Balaban J connectivity index is 1.52. The number of hydrogen-bond donors (Lipinski definition) is 1. The van der Waals surface area contributed by atoms with Gasteiger partial charge >= 0.3 is 0 Å². The van der Waals surface area contributed by atoms with Gasteiger partial charge in [-0.2, -0.15) is 0 Å². The van der Waals surface area contributed by atoms with Crippen LogP contribution < -0.4 is 5.32 Å². The van der Waals surface area contributed by atoms with Crippen LogP contribution in [0.5, 0.6) is 0 Å². The molecule has 0 aliphatic carbocycles. The van der Waals surface area contributed by atoms with Gasteiger partial charge in [-0.15, -0.1) is 0 Å². The zero-order chi connectivity index (χ0) is 22.0. The summed E-state index contributed by atoms with van der Waals surface area (Å²) in [5.41, 5.74) is 4.77. The fourth-order valence-electron chi connectivity index (χ4n) is 4.32. The van der Waals surface area contributed by atoms with Crippen molar-refractivity contribution >= 4 is 11.6 Å². The molecule has 0 bridgehead atoms. The minimum atomic E-state index is -0.434. The number of nitro benzene ring substituents is 1. The molecule has 1 aliphatic rings. The molecule has 1 aliphatic heterocycles. The van der Waals surface area contributed by atoms with Crippen LogP contribution in [0, 0.1) is 17.0 Å². The first-order chi connectivity index (χ1) is 14.9. The van der Waals surface area contributed by atoms with Crippen molar-refractivity contribution in [1.29, 1.82) is 0 Å². The molecule has 1 unspecified atom stereocenters. The van der Waals surface area contributed by atoms with Crippen molar-refractivity contribution in [1.82, 2.24) is 14.8 Å². The van der Waals surface area contributed by atoms with Crippen LogP contribution in [-0.4, -0.2) is 33.4 Å². The first kappa shape index (κ1) is 20.8. The number of hydrogen-bond acceptors (Lipinski definition) is 4. The van der Waals surface area contributed by atoms with Crippen LogP contribution in [0.3, 0.4) is 0 Å². The molecule has 4 rings (SSSR count). The molecule has 0 saturated carbocycles. The van der Waals surface area contributed by atoms with Crippen LogP contribution in [0.25, 0.3) is 0 Å². The van der Waals surface area contributed by atoms with Crippen LogP contribution >= 0.6 is 0 Å². The minimum Gasteiger partial charge on any atom is -0.353 e. The average Bonchev–Trinajstić information content (AvgIpc) is 3.19. The van der Waals surface area contributed by atoms with E-state index in [1.807, 2.05) is 19.3 Å². The summed E-state index contributed by atoms with van der Waals surface area (Å²) in [4.78, 5) is 25.8. The number of carbonyl (C=O) groups is 1. The highest BCUT2D eigenvalue weighted by Gasteiger charge is 2.27. The highest BCUT2D eigenvalue weighted by molar-refractivity contribution is 5.94. The first-order valence-electron chi connectivity index (χ1n) is 10.4. The van der Waals surface area contributed by atoms with Gasteiger partial charge in [0, 0.05) is 55.8 Å². The van der Waals surface area contributed by atoms with E-state index in [9.17, 15) is 14.9 Å². The fraction of sp³-hybridized carbons (Fsp3) is 0.292. The minimum absolute atomic E-state index is 0.0187. The van der Waals surface area contributed by atoms with E-state index in [-0.39, 0.29) is 17.6 Å². The second-order valence-corrected chi connectivity index (χ2v) is 8.02. The normalized spacial score (nSPS) is 14.6. The molecule has 0 spiro atoms. The Kier molecular flexibility index (Phi) is 5.86. The third kappa shape index (κ3) is 4.36. The van der Waals surface area contributed by atoms with Gasteiger partial charge in [0.2, 0.25) is 0 Å². The lowest BCUT2D eigenvalue weighted by molar-refractivity contribution is -0.385. The Bertz CT molecular complexity index is 1120. The van der Waals surface area contributed by atoms with E-state index in [2.05, 4.69) is 45.1 Å². The van der Waals surface area contributed by atoms with Crippen molar-refractivity contribution in [2.24, 2.45) is 7.05 Å². The lowest BCUT2D eigenvalue weighted by atomic mass is 9.97. The Labute approximate surface area is 181 Å². The molecule has 2 heterocycles. The monoisotopic (exact) mass is 418 g/mol. The number of rotatable bonds is 6. The van der Waals surface area contributed by atoms with Gasteiger partial charge in [-0.1, -0.05) is 24.3 Å². The molecule has 160 valence electrons. The summed E-state index contributed by atoms with van der Waals surface area (Å²) in [7, 11) is 2.02. The van der Waals surface area contributed by atoms with Crippen molar-refractivity contribution in [3.05, 3.63) is 98.9 Å². The number of carbonyl (C=O) groups excluding carboxylic acids is 1. The van der Waals surface area contributed by atoms with Crippen LogP contribution in [0.15, 0.2) is 60.8 Å². The molecule has 0 saturated heterocycles. The Morgan fingerprint density at radius 3 is 2.61 bits per heavy atom. The Morgan fingerprint density at radius 2 is 1.94 bits per heavy atom. The van der Waals surface area contributed by atoms with Crippen molar-refractivity contribution in [2.75, 3.05) is 13.1 Å². The summed E-state index contributed by atoms with van der Waals surface area (Å²) in [6, 6.07) is 17.1. The van der Waals surface area contributed by atoms with E-state index in [0.717, 1.165) is 25.2 Å². The lowest BCUT2D eigenvalue weighted by Gasteiger charge is -2.36. The first-order valence-corrected chi connectivity index (χ1v) is 10.4. The molecule has 0 radical (unpaired) electrons. The van der Waals surface area contributed by atoms with Crippen LogP contribution in [-0.2, 0) is 20.0 Å². The second kappa shape index (κ2) is 8.73. The number of nitro groups is 1. The molecule has 7 nitrogen and oxygen atoms in total. The number of amides is 1. The zero-order valence-corrected chi connectivity index (χ0v) is 17.7. The highest BCUT2D eigenvalue weighted by Crippen LogP contribution is 2.28. The number of aromatic nitrogens is 1. The summed E-state index contributed by atoms with van der Waals surface area (Å²) in [6.45, 7) is 3.85. The Morgan fingerprint density at radius 1 is 1.16 bits per heavy atom. The van der Waals surface area contributed by atoms with E-state index in [1.165, 1.54) is 23.3 Å². The van der Waals surface area contributed by atoms with Crippen LogP contribution in [0.4, 0.5) is 5.69 Å². The molecule has 7 heteroatoms. The molecule has 1 amide bonds. The van der Waals surface area contributed by atoms with Gasteiger partial charge in [0.05, 0.1) is 11.0 Å². The topological polar surface area (TPSA) is 80.4 Å². The van der Waals surface area contributed by atoms with Crippen molar-refractivity contribution in [3.8, 4) is 0 Å². The SMILES string of the molecule is Cc1cc(C(=O)NCC(c2cccn2C)N2CCc3ccccc3C2)ccc1[N+](=O)[O-]. The van der Waals surface area contributed by atoms with Gasteiger partial charge in [0.15, 0.2) is 0 Å². The van der Waals surface area contributed by atoms with E-state index in [1.54, 1.807) is 13.0 Å². The Hall–Kier alpha value is -3.45. The molecule has 0 fully saturated rings. The van der Waals surface area contributed by atoms with Gasteiger partial charge in [-0.3, -0.25) is 19.8 Å². The van der Waals surface area contributed by atoms with E-state index < -0.39 is 4.92 Å². The predicted octanol–water partition coefficient (Wildman–Crippen LogP) is 3.77. The van der Waals surface area contributed by atoms with Gasteiger partial charge in [0.1, 0.15) is 0 Å². The van der Waals surface area contributed by atoms with Crippen LogP contribution in [0.1, 0.15) is 38.8 Å². The van der Waals surface area contributed by atoms with Crippen molar-refractivity contribution in [2.45, 2.75) is 25.9 Å². The summed E-state index contributed by atoms with van der Waals surface area (Å²) in [5.74, 6) is -0.227. The number of nitrogens with zero attached hydrogens (tertiary/aromatic N) is 3. The summed E-state index contributed by atoms with van der Waals surface area (Å²) < 4.78 is 2.09. The van der Waals surface area contributed by atoms with E-state index >= 15 is 0 Å². The quantitative estimate of drug-likeness (QED) is 0.488. The standard InChI is InChI=1S/C24H26N4O3/c1-17-14-19(9-10-21(17)28(30)31)24(29)25-15-23(22-8-5-12-26(22)2)27-13-11-18-6-3-4-7-20(18)16-27/h3-10,12,14,23H,11,13,15-16H2,1-2H3,(H,25,29). The van der Waals surface area contributed by atoms with E-state index in [0.29, 0.717) is 17.7 Å². The number of fused-ring (bicyclic) bond motifs is 1. The molecular formula is C24H26N4O3. The maximum absolute atomic E-state index is 12.8. The molecule has 1 atom stereocenters. The second-order valence-electron chi connectivity index (χ2n) is 8.02. The number of nitrogens with one attached hydrogen (secondary N) is 1. The van der Waals surface area contributed by atoms with Crippen molar-refractivity contribution in [3.63, 3.8) is 0 Å². The fourth-order valence-corrected chi connectivity index (χ4v) is 4.32. The predicted molar refractivity (Wildman–Crippen MR) is 119 cm³/mol. The van der Waals surface area contributed by atoms with Gasteiger partial charge in [-0.05, 0) is 48.7 Å². The average molecular weight is 418 g/mol. The van der Waals surface area contributed by atoms with E-state index in [4.69, 9.17) is 0 Å². The smallest absolute Gasteiger partial charge is 0.272 e. The third-order valence-electron chi connectivity index (χ3n) is 6.04. The number of aryl methyl sites for hydroxylation is 2. The van der Waals surface area contributed by atoms with Crippen molar-refractivity contribution < 1.29 is 9.72 Å². The third-order valence-corrected chi connectivity index (χ3v) is 6.04. The lowest BCUT2D eigenvalue weighted by Crippen LogP contribution is -2.41. The zero-order valence-electron chi connectivity index (χ0n) is 17.7. The maximum Gasteiger partial charge on any atom is 0.272 e. The molecular weight excluding hydrogens is 392 g/mol. The van der Waals surface area contributed by atoms with Gasteiger partial charge < -0.3 is 9.88 Å². The molecule has 31 heavy (non-hydrogen) atoms. The molecule has 3 aromatic rings. The molecule has 1 N–H and O–H groups in total. The van der Waals surface area contributed by atoms with Crippen LogP contribution in [0.2, 0.25) is 0 Å². The summed E-state index contributed by atoms with van der Waals surface area (Å²) >= 11 is 0. The maximum atomic E-state index is 12.8. The van der Waals surface area contributed by atoms with Gasteiger partial charge in [-0.25, -0.2) is 0 Å². The molecule has 1 aromatic heterocycles. The number of benzene rings is 2. The highest BCUT2D eigenvalue weighted by atomic mass is 16.6. The largest absolute Gasteiger partial charge is 0.353 e. The van der Waals surface area contributed by atoms with Gasteiger partial charge in [0.25, 0.3) is 11.6 Å².